The van der Waals surface area contributed by atoms with Crippen molar-refractivity contribution in [2.45, 2.75) is 39.3 Å². The summed E-state index contributed by atoms with van der Waals surface area (Å²) >= 11 is 0. The molecular weight excluding hydrogens is 400 g/mol. The largest absolute Gasteiger partial charge is 0.357 e. The maximum atomic E-state index is 12.5. The molecule has 0 saturated carbocycles. The van der Waals surface area contributed by atoms with Gasteiger partial charge >= 0.3 is 0 Å². The zero-order valence-corrected chi connectivity index (χ0v) is 19.9. The third-order valence-electron chi connectivity index (χ3n) is 5.45. The van der Waals surface area contributed by atoms with Crippen molar-refractivity contribution in [3.8, 4) is 0 Å². The molecular formula is C25H38N6O. The number of aliphatic imine (C=N–C) groups is 1. The van der Waals surface area contributed by atoms with E-state index in [1.54, 1.807) is 11.1 Å². The van der Waals surface area contributed by atoms with Gasteiger partial charge in [0, 0.05) is 57.6 Å². The normalized spacial score (nSPS) is 12.5. The van der Waals surface area contributed by atoms with Gasteiger partial charge in [-0.25, -0.2) is 4.99 Å². The third-order valence-corrected chi connectivity index (χ3v) is 5.45. The van der Waals surface area contributed by atoms with Gasteiger partial charge in [-0.3, -0.25) is 14.7 Å². The van der Waals surface area contributed by atoms with Crippen molar-refractivity contribution in [3.05, 3.63) is 66.0 Å². The number of guanidine groups is 1. The number of likely N-dealkylation sites (N-methyl/N-ethyl adjacent to an activating group) is 1. The molecule has 0 radical (unpaired) electrons. The Balaban J connectivity index is 1.74. The highest BCUT2D eigenvalue weighted by Gasteiger charge is 2.11. The van der Waals surface area contributed by atoms with E-state index >= 15 is 0 Å². The lowest BCUT2D eigenvalue weighted by Gasteiger charge is -2.25. The molecule has 7 nitrogen and oxygen atoms in total. The Kier molecular flexibility index (Phi) is 11.2. The number of pyridine rings is 1. The Morgan fingerprint density at radius 1 is 1.09 bits per heavy atom. The molecule has 0 aliphatic heterocycles. The molecule has 1 unspecified atom stereocenters. The van der Waals surface area contributed by atoms with Crippen molar-refractivity contribution >= 4 is 11.9 Å². The van der Waals surface area contributed by atoms with E-state index in [0.29, 0.717) is 18.5 Å². The SMILES string of the molecule is CCNC(=NCC(=O)N(C)CCc1ccccn1)NCCC(C)N(C)Cc1ccccc1. The van der Waals surface area contributed by atoms with E-state index in [4.69, 9.17) is 0 Å². The molecule has 32 heavy (non-hydrogen) atoms. The van der Waals surface area contributed by atoms with Gasteiger partial charge in [-0.15, -0.1) is 0 Å². The van der Waals surface area contributed by atoms with Crippen LogP contribution >= 0.6 is 0 Å². The zero-order valence-electron chi connectivity index (χ0n) is 19.9. The van der Waals surface area contributed by atoms with E-state index in [2.05, 4.69) is 63.7 Å². The maximum Gasteiger partial charge on any atom is 0.244 e. The van der Waals surface area contributed by atoms with Gasteiger partial charge in [-0.05, 0) is 45.0 Å². The van der Waals surface area contributed by atoms with E-state index in [1.165, 1.54) is 5.56 Å². The van der Waals surface area contributed by atoms with E-state index in [0.717, 1.165) is 38.2 Å². The average molecular weight is 439 g/mol. The maximum absolute atomic E-state index is 12.5. The highest BCUT2D eigenvalue weighted by Crippen LogP contribution is 2.07. The summed E-state index contributed by atoms with van der Waals surface area (Å²) in [6, 6.07) is 16.8. The van der Waals surface area contributed by atoms with Gasteiger partial charge in [0.15, 0.2) is 5.96 Å². The number of rotatable bonds is 12. The van der Waals surface area contributed by atoms with E-state index in [1.807, 2.05) is 38.2 Å². The van der Waals surface area contributed by atoms with Crippen LogP contribution < -0.4 is 10.6 Å². The second kappa shape index (κ2) is 14.2. The minimum absolute atomic E-state index is 0.00547. The minimum Gasteiger partial charge on any atom is -0.357 e. The summed E-state index contributed by atoms with van der Waals surface area (Å²) in [4.78, 5) is 25.3. The number of nitrogens with zero attached hydrogens (tertiary/aromatic N) is 4. The molecule has 1 amide bonds. The van der Waals surface area contributed by atoms with E-state index < -0.39 is 0 Å². The number of nitrogens with one attached hydrogen (secondary N) is 2. The molecule has 0 saturated heterocycles. The molecule has 1 aromatic carbocycles. The van der Waals surface area contributed by atoms with Crippen LogP contribution in [0.25, 0.3) is 0 Å². The van der Waals surface area contributed by atoms with Gasteiger partial charge in [0.1, 0.15) is 6.54 Å². The highest BCUT2D eigenvalue weighted by atomic mass is 16.2. The number of aromatic nitrogens is 1. The summed E-state index contributed by atoms with van der Waals surface area (Å²) in [5, 5.41) is 6.58. The monoisotopic (exact) mass is 438 g/mol. The number of hydrogen-bond acceptors (Lipinski definition) is 4. The summed E-state index contributed by atoms with van der Waals surface area (Å²) in [6.45, 7) is 7.46. The Bertz CT molecular complexity index is 812. The van der Waals surface area contributed by atoms with Gasteiger partial charge in [0.05, 0.1) is 0 Å². The molecule has 0 aliphatic rings. The fourth-order valence-corrected chi connectivity index (χ4v) is 3.21. The Hall–Kier alpha value is -2.93. The van der Waals surface area contributed by atoms with Crippen LogP contribution in [0.2, 0.25) is 0 Å². The summed E-state index contributed by atoms with van der Waals surface area (Å²) < 4.78 is 0. The lowest BCUT2D eigenvalue weighted by molar-refractivity contribution is -0.128. The van der Waals surface area contributed by atoms with Gasteiger partial charge in [-0.1, -0.05) is 36.4 Å². The molecule has 174 valence electrons. The van der Waals surface area contributed by atoms with Crippen molar-refractivity contribution in [2.75, 3.05) is 40.3 Å². The van der Waals surface area contributed by atoms with Gasteiger partial charge in [-0.2, -0.15) is 0 Å². The van der Waals surface area contributed by atoms with E-state index in [9.17, 15) is 4.79 Å². The number of hydrogen-bond donors (Lipinski definition) is 2. The van der Waals surface area contributed by atoms with Gasteiger partial charge in [0.2, 0.25) is 5.91 Å². The standard InChI is InChI=1S/C25H38N6O/c1-5-26-25(28-17-14-21(2)31(4)20-22-11-7-6-8-12-22)29-19-24(32)30(3)18-15-23-13-9-10-16-27-23/h6-13,16,21H,5,14-15,17-20H2,1-4H3,(H2,26,28,29). The molecule has 0 bridgehead atoms. The van der Waals surface area contributed by atoms with Crippen LogP contribution in [0.3, 0.4) is 0 Å². The Morgan fingerprint density at radius 2 is 1.84 bits per heavy atom. The van der Waals surface area contributed by atoms with Crippen LogP contribution in [-0.2, 0) is 17.8 Å². The topological polar surface area (TPSA) is 72.9 Å². The van der Waals surface area contributed by atoms with Crippen LogP contribution in [-0.4, -0.2) is 73.0 Å². The zero-order chi connectivity index (χ0) is 23.2. The summed E-state index contributed by atoms with van der Waals surface area (Å²) in [6.07, 6.45) is 3.49. The molecule has 0 fully saturated rings. The first-order valence-electron chi connectivity index (χ1n) is 11.4. The first-order chi connectivity index (χ1) is 15.5. The van der Waals surface area contributed by atoms with Crippen LogP contribution in [0.15, 0.2) is 59.7 Å². The van der Waals surface area contributed by atoms with Crippen molar-refractivity contribution in [2.24, 2.45) is 4.99 Å². The Labute approximate surface area is 192 Å². The molecule has 2 aromatic rings. The predicted molar refractivity (Wildman–Crippen MR) is 132 cm³/mol. The van der Waals surface area contributed by atoms with Crippen LogP contribution in [0.5, 0.6) is 0 Å². The second-order valence-electron chi connectivity index (χ2n) is 8.05. The van der Waals surface area contributed by atoms with Crippen LogP contribution in [0.1, 0.15) is 31.5 Å². The van der Waals surface area contributed by atoms with Gasteiger partial charge < -0.3 is 15.5 Å². The highest BCUT2D eigenvalue weighted by molar-refractivity contribution is 5.84. The van der Waals surface area contributed by atoms with E-state index in [-0.39, 0.29) is 12.5 Å². The number of carbonyl (C=O) groups is 1. The quantitative estimate of drug-likeness (QED) is 0.394. The molecule has 1 atom stereocenters. The first-order valence-corrected chi connectivity index (χ1v) is 11.4. The number of carbonyl (C=O) groups excluding carboxylic acids is 1. The third kappa shape index (κ3) is 9.47. The minimum atomic E-state index is -0.00547. The Morgan fingerprint density at radius 3 is 2.53 bits per heavy atom. The van der Waals surface area contributed by atoms with Crippen molar-refractivity contribution in [3.63, 3.8) is 0 Å². The first kappa shape index (κ1) is 25.3. The smallest absolute Gasteiger partial charge is 0.244 e. The molecule has 1 heterocycles. The molecule has 2 rings (SSSR count). The number of benzene rings is 1. The van der Waals surface area contributed by atoms with Crippen LogP contribution in [0, 0.1) is 0 Å². The fourth-order valence-electron chi connectivity index (χ4n) is 3.21. The lowest BCUT2D eigenvalue weighted by atomic mass is 10.1. The molecule has 0 aliphatic carbocycles. The summed E-state index contributed by atoms with van der Waals surface area (Å²) in [5.74, 6) is 0.672. The molecule has 1 aromatic heterocycles. The average Bonchev–Trinajstić information content (AvgIpc) is 2.81. The number of amides is 1. The lowest BCUT2D eigenvalue weighted by Crippen LogP contribution is -2.41. The fraction of sp³-hybridized carbons (Fsp3) is 0.480. The summed E-state index contributed by atoms with van der Waals surface area (Å²) in [7, 11) is 3.96. The summed E-state index contributed by atoms with van der Waals surface area (Å²) in [5.41, 5.74) is 2.30. The predicted octanol–water partition coefficient (Wildman–Crippen LogP) is 2.55. The molecule has 0 spiro atoms. The van der Waals surface area contributed by atoms with Crippen LogP contribution in [0.4, 0.5) is 0 Å². The van der Waals surface area contributed by atoms with Crippen molar-refractivity contribution < 1.29 is 4.79 Å². The van der Waals surface area contributed by atoms with Gasteiger partial charge in [0.25, 0.3) is 0 Å². The van der Waals surface area contributed by atoms with Crippen molar-refractivity contribution in [1.82, 2.24) is 25.4 Å². The van der Waals surface area contributed by atoms with Crippen molar-refractivity contribution in [1.29, 1.82) is 0 Å². The molecule has 2 N–H and O–H groups in total. The molecule has 7 heteroatoms. The second-order valence-corrected chi connectivity index (χ2v) is 8.05.